The maximum Gasteiger partial charge on any atom is 0.327 e. The summed E-state index contributed by atoms with van der Waals surface area (Å²) in [7, 11) is 1.45. The Morgan fingerprint density at radius 2 is 1.76 bits per heavy atom. The van der Waals surface area contributed by atoms with Gasteiger partial charge in [-0.2, -0.15) is 0 Å². The second-order valence-corrected chi connectivity index (χ2v) is 6.53. The zero-order valence-corrected chi connectivity index (χ0v) is 13.2. The minimum atomic E-state index is -1.04. The molecule has 1 aliphatic rings. The highest BCUT2D eigenvalue weighted by Crippen LogP contribution is 2.30. The smallest absolute Gasteiger partial charge is 0.327 e. The number of urea groups is 1. The van der Waals surface area contributed by atoms with Crippen LogP contribution in [0.1, 0.15) is 38.8 Å². The Bertz CT molecular complexity index is 560. The second kappa shape index (κ2) is 5.15. The van der Waals surface area contributed by atoms with E-state index in [0.29, 0.717) is 0 Å². The van der Waals surface area contributed by atoms with E-state index in [1.165, 1.54) is 12.7 Å². The third kappa shape index (κ3) is 2.65. The number of amides is 3. The first-order valence-electron chi connectivity index (χ1n) is 6.94. The van der Waals surface area contributed by atoms with E-state index in [0.717, 1.165) is 10.5 Å². The van der Waals surface area contributed by atoms with Crippen molar-refractivity contribution in [1.29, 1.82) is 0 Å². The number of methoxy groups -OCH3 is 1. The number of carbonyl (C=O) groups excluding carboxylic acids is 2. The summed E-state index contributed by atoms with van der Waals surface area (Å²) in [5.41, 5.74) is 0.962. The lowest BCUT2D eigenvalue weighted by molar-refractivity contribution is -0.134. The summed E-state index contributed by atoms with van der Waals surface area (Å²) in [5, 5.41) is 2.75. The van der Waals surface area contributed by atoms with E-state index < -0.39 is 11.6 Å². The van der Waals surface area contributed by atoms with E-state index in [1.54, 1.807) is 6.92 Å². The highest BCUT2D eigenvalue weighted by atomic mass is 16.5. The van der Waals surface area contributed by atoms with Crippen molar-refractivity contribution in [2.45, 2.75) is 38.6 Å². The van der Waals surface area contributed by atoms with Crippen LogP contribution in [0, 0.1) is 0 Å². The predicted octanol–water partition coefficient (Wildman–Crippen LogP) is 2.36. The average molecular weight is 290 g/mol. The normalized spacial score (nSPS) is 22.6. The van der Waals surface area contributed by atoms with Crippen LogP contribution >= 0.6 is 0 Å². The van der Waals surface area contributed by atoms with Gasteiger partial charge in [0.1, 0.15) is 12.3 Å². The Balaban J connectivity index is 2.33. The summed E-state index contributed by atoms with van der Waals surface area (Å²) in [5.74, 6) is -0.294. The molecular weight excluding hydrogens is 268 g/mol. The van der Waals surface area contributed by atoms with Crippen LogP contribution in [0.25, 0.3) is 0 Å². The zero-order chi connectivity index (χ0) is 15.8. The van der Waals surface area contributed by atoms with Gasteiger partial charge in [0.15, 0.2) is 0 Å². The largest absolute Gasteiger partial charge is 0.364 e. The molecule has 3 amide bonds. The first-order valence-corrected chi connectivity index (χ1v) is 6.94. The van der Waals surface area contributed by atoms with Gasteiger partial charge >= 0.3 is 6.03 Å². The van der Waals surface area contributed by atoms with Crippen molar-refractivity contribution < 1.29 is 14.3 Å². The van der Waals surface area contributed by atoms with Crippen LogP contribution in [0.4, 0.5) is 4.79 Å². The Hall–Kier alpha value is -1.88. The Kier molecular flexibility index (Phi) is 3.80. The molecule has 5 heteroatoms. The highest BCUT2D eigenvalue weighted by Gasteiger charge is 2.48. The number of ether oxygens (including phenoxy) is 1. The molecule has 0 bridgehead atoms. The van der Waals surface area contributed by atoms with Crippen molar-refractivity contribution in [3.63, 3.8) is 0 Å². The van der Waals surface area contributed by atoms with Gasteiger partial charge in [-0.25, -0.2) is 9.69 Å². The van der Waals surface area contributed by atoms with Crippen molar-refractivity contribution in [3.05, 3.63) is 35.4 Å². The molecule has 0 aliphatic carbocycles. The lowest BCUT2D eigenvalue weighted by Gasteiger charge is -2.24. The first-order chi connectivity index (χ1) is 9.70. The van der Waals surface area contributed by atoms with E-state index in [-0.39, 0.29) is 18.1 Å². The fraction of sp³-hybridized carbons (Fsp3) is 0.500. The van der Waals surface area contributed by atoms with Gasteiger partial charge in [0, 0.05) is 7.11 Å². The van der Waals surface area contributed by atoms with Crippen molar-refractivity contribution in [1.82, 2.24) is 10.2 Å². The summed E-state index contributed by atoms with van der Waals surface area (Å²) in [6.07, 6.45) is 0. The fourth-order valence-corrected chi connectivity index (χ4v) is 2.44. The van der Waals surface area contributed by atoms with Crippen molar-refractivity contribution in [3.8, 4) is 0 Å². The maximum absolute atomic E-state index is 12.5. The van der Waals surface area contributed by atoms with Gasteiger partial charge in [-0.15, -0.1) is 0 Å². The minimum absolute atomic E-state index is 0.0413. The lowest BCUT2D eigenvalue weighted by Crippen LogP contribution is -2.41. The molecule has 0 spiro atoms. The lowest BCUT2D eigenvalue weighted by atomic mass is 9.84. The SMILES string of the molecule is COCN1C(=O)NC(C)(c2ccc(C(C)(C)C)cc2)C1=O. The van der Waals surface area contributed by atoms with E-state index >= 15 is 0 Å². The number of benzene rings is 1. The van der Waals surface area contributed by atoms with Crippen LogP contribution < -0.4 is 5.32 Å². The predicted molar refractivity (Wildman–Crippen MR) is 79.7 cm³/mol. The number of imide groups is 1. The zero-order valence-electron chi connectivity index (χ0n) is 13.2. The topological polar surface area (TPSA) is 58.6 Å². The quantitative estimate of drug-likeness (QED) is 0.869. The van der Waals surface area contributed by atoms with Crippen molar-refractivity contribution >= 4 is 11.9 Å². The molecule has 1 unspecified atom stereocenters. The van der Waals surface area contributed by atoms with Gasteiger partial charge in [-0.1, -0.05) is 45.0 Å². The second-order valence-electron chi connectivity index (χ2n) is 6.53. The third-order valence-corrected chi connectivity index (χ3v) is 3.86. The molecule has 0 aromatic heterocycles. The molecular formula is C16H22N2O3. The molecule has 5 nitrogen and oxygen atoms in total. The van der Waals surface area contributed by atoms with Gasteiger partial charge in [0.05, 0.1) is 0 Å². The molecule has 21 heavy (non-hydrogen) atoms. The molecule has 1 aromatic rings. The molecule has 0 saturated carbocycles. The molecule has 114 valence electrons. The van der Waals surface area contributed by atoms with Crippen LogP contribution in [-0.4, -0.2) is 30.7 Å². The van der Waals surface area contributed by atoms with Crippen LogP contribution in [0.15, 0.2) is 24.3 Å². The molecule has 0 radical (unpaired) electrons. The number of hydrogen-bond donors (Lipinski definition) is 1. The number of nitrogens with one attached hydrogen (secondary N) is 1. The summed E-state index contributed by atoms with van der Waals surface area (Å²) in [6.45, 7) is 8.07. The van der Waals surface area contributed by atoms with Crippen LogP contribution in [-0.2, 0) is 20.5 Å². The summed E-state index contributed by atoms with van der Waals surface area (Å²) < 4.78 is 4.90. The Morgan fingerprint density at radius 3 is 2.24 bits per heavy atom. The fourth-order valence-electron chi connectivity index (χ4n) is 2.44. The number of carbonyl (C=O) groups is 2. The molecule has 1 N–H and O–H groups in total. The van der Waals surface area contributed by atoms with E-state index in [2.05, 4.69) is 26.1 Å². The van der Waals surface area contributed by atoms with Gasteiger partial charge in [0.25, 0.3) is 5.91 Å². The number of rotatable bonds is 3. The molecule has 1 aliphatic heterocycles. The summed E-state index contributed by atoms with van der Waals surface area (Å²) in [6, 6.07) is 7.37. The van der Waals surface area contributed by atoms with Crippen LogP contribution in [0.5, 0.6) is 0 Å². The third-order valence-electron chi connectivity index (χ3n) is 3.86. The monoisotopic (exact) mass is 290 g/mol. The van der Waals surface area contributed by atoms with Gasteiger partial charge in [-0.3, -0.25) is 4.79 Å². The van der Waals surface area contributed by atoms with E-state index in [4.69, 9.17) is 4.74 Å². The van der Waals surface area contributed by atoms with E-state index in [1.807, 2.05) is 24.3 Å². The van der Waals surface area contributed by atoms with Crippen molar-refractivity contribution in [2.75, 3.05) is 13.8 Å². The molecule has 1 saturated heterocycles. The minimum Gasteiger partial charge on any atom is -0.364 e. The molecule has 1 atom stereocenters. The Labute approximate surface area is 125 Å². The average Bonchev–Trinajstić information content (AvgIpc) is 2.63. The Morgan fingerprint density at radius 1 is 1.19 bits per heavy atom. The standard InChI is InChI=1S/C16H22N2O3/c1-15(2,3)11-6-8-12(9-7-11)16(4)13(19)18(10-21-5)14(20)17-16/h6-9H,10H2,1-5H3,(H,17,20). The number of nitrogens with zero attached hydrogens (tertiary/aromatic N) is 1. The number of hydrogen-bond acceptors (Lipinski definition) is 3. The van der Waals surface area contributed by atoms with Crippen molar-refractivity contribution in [2.24, 2.45) is 0 Å². The molecule has 2 rings (SSSR count). The first kappa shape index (κ1) is 15.5. The van der Waals surface area contributed by atoms with Crippen LogP contribution in [0.2, 0.25) is 0 Å². The van der Waals surface area contributed by atoms with E-state index in [9.17, 15) is 9.59 Å². The summed E-state index contributed by atoms with van der Waals surface area (Å²) in [4.78, 5) is 25.5. The summed E-state index contributed by atoms with van der Waals surface area (Å²) >= 11 is 0. The highest BCUT2D eigenvalue weighted by molar-refractivity contribution is 6.07. The molecule has 1 fully saturated rings. The molecule has 1 aromatic carbocycles. The van der Waals surface area contributed by atoms with Crippen LogP contribution in [0.3, 0.4) is 0 Å². The molecule has 1 heterocycles. The van der Waals surface area contributed by atoms with Gasteiger partial charge in [0.2, 0.25) is 0 Å². The van der Waals surface area contributed by atoms with Gasteiger partial charge in [-0.05, 0) is 23.5 Å². The maximum atomic E-state index is 12.5. The van der Waals surface area contributed by atoms with Gasteiger partial charge < -0.3 is 10.1 Å².